The fourth-order valence-electron chi connectivity index (χ4n) is 1.16. The number of rotatable bonds is 3. The molecule has 0 saturated carbocycles. The molecule has 0 aromatic carbocycles. The lowest BCUT2D eigenvalue weighted by molar-refractivity contribution is 0.0400. The summed E-state index contributed by atoms with van der Waals surface area (Å²) in [7, 11) is 0. The summed E-state index contributed by atoms with van der Waals surface area (Å²) in [6, 6.07) is 1.97. The van der Waals surface area contributed by atoms with Gasteiger partial charge in [0.2, 0.25) is 0 Å². The van der Waals surface area contributed by atoms with E-state index in [2.05, 4.69) is 5.32 Å². The third kappa shape index (κ3) is 3.71. The van der Waals surface area contributed by atoms with Crippen molar-refractivity contribution in [3.63, 3.8) is 0 Å². The van der Waals surface area contributed by atoms with Gasteiger partial charge in [-0.25, -0.2) is 0 Å². The van der Waals surface area contributed by atoms with E-state index in [4.69, 9.17) is 4.42 Å². The molecule has 0 aliphatic rings. The quantitative estimate of drug-likeness (QED) is 0.819. The van der Waals surface area contributed by atoms with Gasteiger partial charge in [0, 0.05) is 12.1 Å². The third-order valence-electron chi connectivity index (χ3n) is 2.52. The standard InChI is InChI=1S/C12H17NO4/c1-7-5-9(14)6-10(17-7)11(15)13-8(2)12(3,4)16/h5-6,8,16H,1-4H3,(H,13,15)/t8-/m1/s1. The van der Waals surface area contributed by atoms with Gasteiger partial charge in [0.1, 0.15) is 5.76 Å². The number of aliphatic hydroxyl groups is 1. The zero-order valence-corrected chi connectivity index (χ0v) is 10.4. The molecule has 2 N–H and O–H groups in total. The lowest BCUT2D eigenvalue weighted by Gasteiger charge is -2.26. The van der Waals surface area contributed by atoms with Crippen LogP contribution in [0.25, 0.3) is 0 Å². The summed E-state index contributed by atoms with van der Waals surface area (Å²) in [6.07, 6.45) is 0. The van der Waals surface area contributed by atoms with Crippen molar-refractivity contribution in [2.24, 2.45) is 0 Å². The van der Waals surface area contributed by atoms with E-state index in [9.17, 15) is 14.7 Å². The molecule has 0 aliphatic carbocycles. The monoisotopic (exact) mass is 239 g/mol. The molecule has 1 aromatic rings. The number of carbonyl (C=O) groups excluding carboxylic acids is 1. The summed E-state index contributed by atoms with van der Waals surface area (Å²) in [5.41, 5.74) is -1.32. The van der Waals surface area contributed by atoms with Crippen LogP contribution in [-0.4, -0.2) is 22.7 Å². The highest BCUT2D eigenvalue weighted by molar-refractivity contribution is 5.91. The van der Waals surface area contributed by atoms with Crippen LogP contribution in [0.2, 0.25) is 0 Å². The van der Waals surface area contributed by atoms with Crippen molar-refractivity contribution in [2.45, 2.75) is 39.3 Å². The lowest BCUT2D eigenvalue weighted by atomic mass is 10.0. The maximum absolute atomic E-state index is 11.8. The van der Waals surface area contributed by atoms with Crippen molar-refractivity contribution in [3.05, 3.63) is 33.9 Å². The predicted octanol–water partition coefficient (Wildman–Crippen LogP) is 0.837. The molecule has 0 unspecified atom stereocenters. The van der Waals surface area contributed by atoms with Gasteiger partial charge in [0.15, 0.2) is 11.2 Å². The Morgan fingerprint density at radius 3 is 2.53 bits per heavy atom. The average molecular weight is 239 g/mol. The molecule has 1 atom stereocenters. The smallest absolute Gasteiger partial charge is 0.287 e. The van der Waals surface area contributed by atoms with Crippen LogP contribution >= 0.6 is 0 Å². The van der Waals surface area contributed by atoms with Crippen LogP contribution in [0.3, 0.4) is 0 Å². The highest BCUT2D eigenvalue weighted by Crippen LogP contribution is 2.09. The Bertz CT molecular complexity index is 470. The Morgan fingerprint density at radius 2 is 2.06 bits per heavy atom. The van der Waals surface area contributed by atoms with Crippen molar-refractivity contribution in [1.29, 1.82) is 0 Å². The highest BCUT2D eigenvalue weighted by Gasteiger charge is 2.25. The Hall–Kier alpha value is -1.62. The van der Waals surface area contributed by atoms with E-state index in [1.165, 1.54) is 6.07 Å². The van der Waals surface area contributed by atoms with Gasteiger partial charge < -0.3 is 14.8 Å². The molecule has 1 amide bonds. The summed E-state index contributed by atoms with van der Waals surface area (Å²) >= 11 is 0. The van der Waals surface area contributed by atoms with E-state index in [1.807, 2.05) is 0 Å². The number of aryl methyl sites for hydroxylation is 1. The molecule has 1 heterocycles. The van der Waals surface area contributed by atoms with Gasteiger partial charge in [-0.3, -0.25) is 9.59 Å². The minimum absolute atomic E-state index is 0.0499. The van der Waals surface area contributed by atoms with Gasteiger partial charge in [0.25, 0.3) is 5.91 Å². The molecule has 0 fully saturated rings. The van der Waals surface area contributed by atoms with Crippen molar-refractivity contribution >= 4 is 5.91 Å². The van der Waals surface area contributed by atoms with E-state index in [0.717, 1.165) is 6.07 Å². The van der Waals surface area contributed by atoms with Crippen molar-refractivity contribution in [3.8, 4) is 0 Å². The Morgan fingerprint density at radius 1 is 1.47 bits per heavy atom. The summed E-state index contributed by atoms with van der Waals surface area (Å²) < 4.78 is 5.14. The zero-order valence-electron chi connectivity index (χ0n) is 10.4. The number of hydrogen-bond donors (Lipinski definition) is 2. The first-order valence-corrected chi connectivity index (χ1v) is 5.35. The minimum Gasteiger partial charge on any atom is -0.456 e. The van der Waals surface area contributed by atoms with E-state index in [-0.39, 0.29) is 11.2 Å². The highest BCUT2D eigenvalue weighted by atomic mass is 16.3. The van der Waals surface area contributed by atoms with Crippen LogP contribution in [-0.2, 0) is 0 Å². The number of hydrogen-bond acceptors (Lipinski definition) is 4. The summed E-state index contributed by atoms with van der Waals surface area (Å²) in [4.78, 5) is 23.0. The van der Waals surface area contributed by atoms with Crippen LogP contribution in [0.4, 0.5) is 0 Å². The van der Waals surface area contributed by atoms with Gasteiger partial charge in [-0.05, 0) is 27.7 Å². The first-order valence-electron chi connectivity index (χ1n) is 5.35. The largest absolute Gasteiger partial charge is 0.456 e. The molecule has 1 rings (SSSR count). The second-order valence-corrected chi connectivity index (χ2v) is 4.62. The van der Waals surface area contributed by atoms with Gasteiger partial charge in [-0.1, -0.05) is 0 Å². The van der Waals surface area contributed by atoms with Crippen molar-refractivity contribution in [2.75, 3.05) is 0 Å². The van der Waals surface area contributed by atoms with Gasteiger partial charge in [0.05, 0.1) is 11.6 Å². The minimum atomic E-state index is -1.04. The normalized spacial score (nSPS) is 13.2. The van der Waals surface area contributed by atoms with E-state index < -0.39 is 17.6 Å². The average Bonchev–Trinajstić information content (AvgIpc) is 2.14. The first kappa shape index (κ1) is 13.4. The Labute approximate surface area is 99.5 Å². The molecular formula is C12H17NO4. The Balaban J connectivity index is 2.87. The van der Waals surface area contributed by atoms with Crippen LogP contribution in [0.1, 0.15) is 37.1 Å². The van der Waals surface area contributed by atoms with Gasteiger partial charge >= 0.3 is 0 Å². The number of carbonyl (C=O) groups is 1. The fraction of sp³-hybridized carbons (Fsp3) is 0.500. The number of nitrogens with one attached hydrogen (secondary N) is 1. The van der Waals surface area contributed by atoms with Gasteiger partial charge in [-0.15, -0.1) is 0 Å². The lowest BCUT2D eigenvalue weighted by Crippen LogP contribution is -2.47. The predicted molar refractivity (Wildman–Crippen MR) is 62.9 cm³/mol. The van der Waals surface area contributed by atoms with Crippen LogP contribution < -0.4 is 10.7 Å². The molecule has 5 nitrogen and oxygen atoms in total. The summed E-state index contributed by atoms with van der Waals surface area (Å²) in [5, 5.41) is 12.3. The Kier molecular flexibility index (Phi) is 3.72. The zero-order chi connectivity index (χ0) is 13.2. The van der Waals surface area contributed by atoms with Crippen LogP contribution in [0.5, 0.6) is 0 Å². The van der Waals surface area contributed by atoms with Crippen LogP contribution in [0.15, 0.2) is 21.3 Å². The fourth-order valence-corrected chi connectivity index (χ4v) is 1.16. The molecule has 5 heteroatoms. The molecule has 0 spiro atoms. The van der Waals surface area contributed by atoms with Crippen molar-refractivity contribution in [1.82, 2.24) is 5.32 Å². The van der Waals surface area contributed by atoms with Crippen LogP contribution in [0, 0.1) is 6.92 Å². The molecule has 0 radical (unpaired) electrons. The second kappa shape index (κ2) is 4.71. The molecule has 94 valence electrons. The van der Waals surface area contributed by atoms with Crippen molar-refractivity contribution < 1.29 is 14.3 Å². The maximum Gasteiger partial charge on any atom is 0.287 e. The van der Waals surface area contributed by atoms with E-state index in [0.29, 0.717) is 5.76 Å². The molecule has 17 heavy (non-hydrogen) atoms. The third-order valence-corrected chi connectivity index (χ3v) is 2.52. The maximum atomic E-state index is 11.8. The molecule has 0 aliphatic heterocycles. The van der Waals surface area contributed by atoms with E-state index in [1.54, 1.807) is 27.7 Å². The topological polar surface area (TPSA) is 79.5 Å². The molecule has 1 aromatic heterocycles. The summed E-state index contributed by atoms with van der Waals surface area (Å²) in [6.45, 7) is 6.44. The SMILES string of the molecule is Cc1cc(=O)cc(C(=O)N[C@H](C)C(C)(C)O)o1. The summed E-state index contributed by atoms with van der Waals surface area (Å²) in [5.74, 6) is -0.190. The number of amides is 1. The van der Waals surface area contributed by atoms with E-state index >= 15 is 0 Å². The molecular weight excluding hydrogens is 222 g/mol. The molecule has 0 bridgehead atoms. The second-order valence-electron chi connectivity index (χ2n) is 4.62. The first-order chi connectivity index (χ1) is 7.70. The van der Waals surface area contributed by atoms with Gasteiger partial charge in [-0.2, -0.15) is 0 Å². The molecule has 0 saturated heterocycles.